The van der Waals surface area contributed by atoms with Crippen molar-refractivity contribution in [3.05, 3.63) is 124 Å². The van der Waals surface area contributed by atoms with Crippen LogP contribution in [0.4, 0.5) is 0 Å². The molecule has 3 aromatic heterocycles. The first-order chi connectivity index (χ1) is 21.6. The molecule has 6 N–H and O–H groups in total. The largest absolute Gasteiger partial charge is 0.491 e. The molecule has 5 aliphatic rings. The lowest BCUT2D eigenvalue weighted by Crippen LogP contribution is -2.25. The Morgan fingerprint density at radius 1 is 0.955 bits per heavy atom. The van der Waals surface area contributed by atoms with Crippen molar-refractivity contribution in [3.63, 3.8) is 0 Å². The fourth-order valence-corrected chi connectivity index (χ4v) is 6.46. The summed E-state index contributed by atoms with van der Waals surface area (Å²) in [6.07, 6.45) is 18.7. The molecule has 0 bridgehead atoms. The number of nitrogens with two attached hydrogens (primary N) is 1. The van der Waals surface area contributed by atoms with E-state index in [1.807, 2.05) is 24.4 Å². The summed E-state index contributed by atoms with van der Waals surface area (Å²) < 4.78 is 6.10. The van der Waals surface area contributed by atoms with E-state index in [1.54, 1.807) is 18.6 Å². The van der Waals surface area contributed by atoms with Gasteiger partial charge >= 0.3 is 0 Å². The summed E-state index contributed by atoms with van der Waals surface area (Å²) in [5.41, 5.74) is 18.3. The molecule has 10 nitrogen and oxygen atoms in total. The second-order valence-corrected chi connectivity index (χ2v) is 11.7. The molecule has 3 aromatic rings. The molecule has 1 aliphatic carbocycles. The molecule has 0 aromatic carbocycles. The van der Waals surface area contributed by atoms with Crippen molar-refractivity contribution in [1.82, 2.24) is 40.8 Å². The first-order valence-corrected chi connectivity index (χ1v) is 15.3. The first-order valence-electron chi connectivity index (χ1n) is 15.3. The fraction of sp³-hybridized carbons (Fsp3) is 0.265. The van der Waals surface area contributed by atoms with Gasteiger partial charge in [0.05, 0.1) is 23.2 Å². The molecule has 0 radical (unpaired) electrons. The molecule has 7 heterocycles. The summed E-state index contributed by atoms with van der Waals surface area (Å²) in [4.78, 5) is 20.0. The Bertz CT molecular complexity index is 1820. The summed E-state index contributed by atoms with van der Waals surface area (Å²) in [5, 5.41) is 10.8. The van der Waals surface area contributed by atoms with E-state index >= 15 is 0 Å². The quantitative estimate of drug-likeness (QED) is 0.264. The van der Waals surface area contributed by atoms with E-state index in [0.29, 0.717) is 13.0 Å². The second kappa shape index (κ2) is 10.9. The van der Waals surface area contributed by atoms with E-state index in [2.05, 4.69) is 67.0 Å². The van der Waals surface area contributed by atoms with E-state index < -0.39 is 0 Å². The van der Waals surface area contributed by atoms with Gasteiger partial charge in [0.2, 0.25) is 0 Å². The summed E-state index contributed by atoms with van der Waals surface area (Å²) in [7, 11) is 0. The van der Waals surface area contributed by atoms with Crippen LogP contribution in [0.15, 0.2) is 95.7 Å². The molecule has 0 spiro atoms. The Labute approximate surface area is 256 Å². The van der Waals surface area contributed by atoms with Gasteiger partial charge in [-0.2, -0.15) is 0 Å². The number of ether oxygens (including phenoxy) is 1. The van der Waals surface area contributed by atoms with Gasteiger partial charge in [0.15, 0.2) is 0 Å². The monoisotopic (exact) mass is 585 g/mol. The number of pyridine rings is 2. The van der Waals surface area contributed by atoms with Gasteiger partial charge in [-0.15, -0.1) is 0 Å². The fourth-order valence-electron chi connectivity index (χ4n) is 6.46. The second-order valence-electron chi connectivity index (χ2n) is 11.7. The molecule has 44 heavy (non-hydrogen) atoms. The van der Waals surface area contributed by atoms with Crippen LogP contribution in [-0.2, 0) is 6.42 Å². The third-order valence-electron chi connectivity index (χ3n) is 8.71. The zero-order valence-electron chi connectivity index (χ0n) is 24.7. The molecule has 4 aliphatic heterocycles. The van der Waals surface area contributed by atoms with Crippen molar-refractivity contribution >= 4 is 16.8 Å². The van der Waals surface area contributed by atoms with Crippen LogP contribution in [0, 0.1) is 0 Å². The minimum atomic E-state index is 0.0711. The highest BCUT2D eigenvalue weighted by Gasteiger charge is 2.42. The van der Waals surface area contributed by atoms with Crippen molar-refractivity contribution in [1.29, 1.82) is 0 Å². The molecule has 0 amide bonds. The topological polar surface area (TPSA) is 139 Å². The maximum absolute atomic E-state index is 6.37. The lowest BCUT2D eigenvalue weighted by Gasteiger charge is -2.21. The molecule has 8 rings (SSSR count). The predicted molar refractivity (Wildman–Crippen MR) is 170 cm³/mol. The zero-order valence-corrected chi connectivity index (χ0v) is 24.7. The SMILES string of the molecule is CC1=C2C(=CC=C(c3cncc(OCCN4CCCC4)c3)N1)NC1NC1=C2c1nc2c([nH]1)CC(N)=CC=C2c1ccncc1. The average molecular weight is 586 g/mol. The van der Waals surface area contributed by atoms with Crippen molar-refractivity contribution in [2.75, 3.05) is 26.2 Å². The molecule has 10 heteroatoms. The Balaban J connectivity index is 1.10. The summed E-state index contributed by atoms with van der Waals surface area (Å²) >= 11 is 0. The number of fused-ring (bicyclic) bond motifs is 3. The van der Waals surface area contributed by atoms with E-state index in [-0.39, 0.29) is 6.17 Å². The lowest BCUT2D eigenvalue weighted by atomic mass is 9.96. The van der Waals surface area contributed by atoms with Crippen LogP contribution in [0.3, 0.4) is 0 Å². The highest BCUT2D eigenvalue weighted by atomic mass is 16.5. The van der Waals surface area contributed by atoms with E-state index in [4.69, 9.17) is 15.5 Å². The highest BCUT2D eigenvalue weighted by Crippen LogP contribution is 2.42. The Kier molecular flexibility index (Phi) is 6.56. The van der Waals surface area contributed by atoms with Gasteiger partial charge in [0.1, 0.15) is 24.3 Å². The summed E-state index contributed by atoms with van der Waals surface area (Å²) in [6, 6.07) is 6.06. The number of nitrogens with one attached hydrogen (secondary N) is 4. The van der Waals surface area contributed by atoms with Crippen molar-refractivity contribution in [2.45, 2.75) is 32.4 Å². The van der Waals surface area contributed by atoms with Gasteiger partial charge in [-0.25, -0.2) is 4.98 Å². The minimum Gasteiger partial charge on any atom is -0.491 e. The number of imidazole rings is 1. The van der Waals surface area contributed by atoms with Crippen LogP contribution in [0.5, 0.6) is 5.75 Å². The average Bonchev–Trinajstić information content (AvgIpc) is 3.54. The van der Waals surface area contributed by atoms with Crippen molar-refractivity contribution in [2.24, 2.45) is 5.73 Å². The Hall–Kier alpha value is -5.09. The van der Waals surface area contributed by atoms with Crippen LogP contribution < -0.4 is 26.4 Å². The summed E-state index contributed by atoms with van der Waals surface area (Å²) in [5.74, 6) is 1.59. The molecular weight excluding hydrogens is 550 g/mol. The highest BCUT2D eigenvalue weighted by molar-refractivity contribution is 5.91. The summed E-state index contributed by atoms with van der Waals surface area (Å²) in [6.45, 7) is 6.04. The molecule has 0 saturated carbocycles. The van der Waals surface area contributed by atoms with Gasteiger partial charge in [0.25, 0.3) is 0 Å². The standard InChI is InChI=1S/C34H35N9O/c1-20-29-27(7-6-26(38-20)22-16-24(19-37-18-22)44-15-14-43-12-2-3-13-43)39-34-32(42-34)30(29)33-40-28-17-23(35)4-5-25(31(28)41-33)21-8-10-36-11-9-21/h4-11,16,18-19,34,38-39,42H,2-3,12-15,17,35H2,1H3,(H,40,41). The molecule has 2 fully saturated rings. The number of rotatable bonds is 7. The maximum atomic E-state index is 6.37. The van der Waals surface area contributed by atoms with E-state index in [9.17, 15) is 0 Å². The van der Waals surface area contributed by atoms with Crippen molar-refractivity contribution in [3.8, 4) is 5.75 Å². The maximum Gasteiger partial charge on any atom is 0.140 e. The predicted octanol–water partition coefficient (Wildman–Crippen LogP) is 3.55. The van der Waals surface area contributed by atoms with E-state index in [0.717, 1.165) is 98.9 Å². The minimum absolute atomic E-state index is 0.0711. The molecule has 1 atom stereocenters. The van der Waals surface area contributed by atoms with Gasteiger partial charge in [-0.05, 0) is 74.8 Å². The number of hydrogen-bond donors (Lipinski definition) is 5. The molecule has 2 saturated heterocycles. The third kappa shape index (κ3) is 4.97. The number of likely N-dealkylation sites (tertiary alicyclic amines) is 1. The Morgan fingerprint density at radius 3 is 2.66 bits per heavy atom. The Morgan fingerprint density at radius 2 is 1.80 bits per heavy atom. The van der Waals surface area contributed by atoms with Crippen molar-refractivity contribution < 1.29 is 4.74 Å². The first kappa shape index (κ1) is 26.5. The van der Waals surface area contributed by atoms with Gasteiger partial charge < -0.3 is 31.4 Å². The number of nitrogens with zero attached hydrogens (tertiary/aromatic N) is 4. The normalized spacial score (nSPS) is 20.8. The van der Waals surface area contributed by atoms with Crippen LogP contribution >= 0.6 is 0 Å². The number of aromatic nitrogens is 4. The van der Waals surface area contributed by atoms with Gasteiger partial charge in [-0.3, -0.25) is 14.9 Å². The van der Waals surface area contributed by atoms with E-state index in [1.165, 1.54) is 12.8 Å². The smallest absolute Gasteiger partial charge is 0.140 e. The number of hydrogen-bond acceptors (Lipinski definition) is 9. The molecular formula is C34H35N9O. The number of allylic oxidation sites excluding steroid dienone is 7. The molecule has 222 valence electrons. The third-order valence-corrected chi connectivity index (χ3v) is 8.71. The van der Waals surface area contributed by atoms with Gasteiger partial charge in [0, 0.05) is 76.7 Å². The van der Waals surface area contributed by atoms with Crippen LogP contribution in [-0.4, -0.2) is 57.2 Å². The number of H-pyrrole nitrogens is 1. The van der Waals surface area contributed by atoms with Crippen LogP contribution in [0.25, 0.3) is 16.8 Å². The van der Waals surface area contributed by atoms with Crippen LogP contribution in [0.2, 0.25) is 0 Å². The van der Waals surface area contributed by atoms with Gasteiger partial charge in [-0.1, -0.05) is 6.08 Å². The lowest BCUT2D eigenvalue weighted by molar-refractivity contribution is 0.237. The zero-order chi connectivity index (χ0) is 29.6. The number of aromatic amines is 1. The molecule has 1 unspecified atom stereocenters. The van der Waals surface area contributed by atoms with Crippen LogP contribution in [0.1, 0.15) is 48.1 Å².